The zero-order valence-corrected chi connectivity index (χ0v) is 62.7. The highest BCUT2D eigenvalue weighted by Crippen LogP contribution is 2.62. The second-order valence-corrected chi connectivity index (χ2v) is 29.1. The maximum atomic E-state index is 5.36. The molecule has 17 aromatic carbocycles. The van der Waals surface area contributed by atoms with E-state index in [1.54, 1.807) is 0 Å². The van der Waals surface area contributed by atoms with Gasteiger partial charge in [0, 0.05) is 44.3 Å². The number of nitrogens with zero attached hydrogens (tertiary/aromatic N) is 4. The van der Waals surface area contributed by atoms with Crippen LogP contribution in [-0.2, 0) is 16.2 Å². The summed E-state index contributed by atoms with van der Waals surface area (Å²) in [6, 6.07) is 166. The normalized spacial score (nSPS) is 13.5. The molecule has 0 atom stereocenters. The van der Waals surface area contributed by atoms with Crippen LogP contribution in [-0.4, -0.2) is 0 Å². The quantitative estimate of drug-likeness (QED) is 0.123. The molecule has 0 unspecified atom stereocenters. The summed E-state index contributed by atoms with van der Waals surface area (Å²) in [7, 11) is 0. The van der Waals surface area contributed by atoms with Gasteiger partial charge in [0.2, 0.25) is 0 Å². The van der Waals surface area contributed by atoms with Crippen molar-refractivity contribution >= 4 is 89.9 Å². The first-order valence-electron chi connectivity index (χ1n) is 37.9. The number of nitrogen functional groups attached to an aromatic ring is 1. The average molecular weight is 1490 g/mol. The van der Waals surface area contributed by atoms with Gasteiger partial charge in [0.1, 0.15) is 0 Å². The molecule has 0 fully saturated rings. The Hall–Kier alpha value is -13.8. The minimum atomic E-state index is -0.605. The summed E-state index contributed by atoms with van der Waals surface area (Å²) in [6.07, 6.45) is 0. The van der Waals surface area contributed by atoms with Gasteiger partial charge in [-0.1, -0.05) is 344 Å². The molecule has 0 bridgehead atoms. The van der Waals surface area contributed by atoms with Crippen LogP contribution >= 0.6 is 15.9 Å². The van der Waals surface area contributed by atoms with Crippen LogP contribution in [0.2, 0.25) is 0 Å². The molecule has 0 saturated carbocycles. The monoisotopic (exact) mass is 1490 g/mol. The summed E-state index contributed by atoms with van der Waals surface area (Å²) in [6.45, 7) is 0. The van der Waals surface area contributed by atoms with E-state index < -0.39 is 16.2 Å². The SMILES string of the molecule is Brc1ccc(C2(c3ccccc3)c3ccccc3N(c3ccccc3)c3ccccc32)cc1.Nc1ccccc1.c1ccc(N(c2ccc(C3(c4ccccc4)c4ccccc4N(c4ccccc4)c4ccccc43)cc2)c2ccc(C3(c4ccccc4)c4ccccc4N(c4ccccc4)c4ccccc43)cc2)cc1. The Bertz CT molecular complexity index is 5670. The van der Waals surface area contributed by atoms with Gasteiger partial charge in [0.25, 0.3) is 0 Å². The van der Waals surface area contributed by atoms with Crippen molar-refractivity contribution in [3.05, 3.63) is 532 Å². The molecule has 0 saturated heterocycles. The second-order valence-electron chi connectivity index (χ2n) is 28.1. The van der Waals surface area contributed by atoms with Gasteiger partial charge in [-0.15, -0.1) is 0 Å². The Morgan fingerprint density at radius 1 is 0.189 bits per heavy atom. The van der Waals surface area contributed by atoms with Gasteiger partial charge < -0.3 is 25.3 Å². The highest BCUT2D eigenvalue weighted by atomic mass is 79.9. The van der Waals surface area contributed by atoms with E-state index in [0.717, 1.165) is 44.3 Å². The van der Waals surface area contributed by atoms with Gasteiger partial charge >= 0.3 is 0 Å². The number of hydrogen-bond acceptors (Lipinski definition) is 5. The molecule has 0 radical (unpaired) electrons. The zero-order valence-electron chi connectivity index (χ0n) is 61.1. The smallest absolute Gasteiger partial charge is 0.0742 e. The van der Waals surface area contributed by atoms with Gasteiger partial charge in [0.15, 0.2) is 0 Å². The Morgan fingerprint density at radius 2 is 0.378 bits per heavy atom. The van der Waals surface area contributed by atoms with Gasteiger partial charge in [-0.05, 0) is 200 Å². The standard InChI is InChI=1S/C68H49N3.C31H22BrN.C6H7N/c1-6-24-50(25-7-1)67(59-34-16-20-38-63(59)70(55-30-12-4-13-31-55)64-39-21-17-35-60(64)67)52-42-46-57(47-43-52)69(54-28-10-3-11-29-54)58-48-44-53(45-49-58)68(51-26-8-2-9-27-51)61-36-18-22-40-65(61)71(56-32-14-5-15-33-56)66-41-23-19-37-62(66)68;32-25-21-19-24(20-22-25)31(23-11-3-1-4-12-23)27-15-7-9-17-29(27)33(26-13-5-2-6-14-26)30-18-10-8-16-28(30)31;7-6-4-2-1-3-5-6/h1-49H;1-22H;1-5H,7H2. The predicted octanol–water partition coefficient (Wildman–Crippen LogP) is 27.4. The summed E-state index contributed by atoms with van der Waals surface area (Å²) in [5.74, 6) is 0. The number of para-hydroxylation sites is 11. The van der Waals surface area contributed by atoms with Gasteiger partial charge in [0.05, 0.1) is 50.4 Å². The molecule has 6 heteroatoms. The number of anilines is 13. The second kappa shape index (κ2) is 30.1. The van der Waals surface area contributed by atoms with Crippen LogP contribution in [0.15, 0.2) is 466 Å². The van der Waals surface area contributed by atoms with Crippen molar-refractivity contribution in [3.8, 4) is 0 Å². The molecule has 5 nitrogen and oxygen atoms in total. The molecule has 0 amide bonds. The number of halogens is 1. The Labute approximate surface area is 659 Å². The largest absolute Gasteiger partial charge is 0.399 e. The van der Waals surface area contributed by atoms with E-state index in [-0.39, 0.29) is 0 Å². The van der Waals surface area contributed by atoms with E-state index in [0.29, 0.717) is 0 Å². The molecule has 0 aliphatic carbocycles. The highest BCUT2D eigenvalue weighted by Gasteiger charge is 2.50. The molecule has 0 spiro atoms. The zero-order chi connectivity index (χ0) is 74.6. The summed E-state index contributed by atoms with van der Waals surface area (Å²) in [4.78, 5) is 9.63. The van der Waals surface area contributed by atoms with Crippen molar-refractivity contribution in [2.75, 3.05) is 25.3 Å². The van der Waals surface area contributed by atoms with Crippen molar-refractivity contribution in [3.63, 3.8) is 0 Å². The number of rotatable bonds is 12. The third-order valence-corrected chi connectivity index (χ3v) is 22.7. The fourth-order valence-electron chi connectivity index (χ4n) is 17.6. The molecule has 3 aliphatic heterocycles. The van der Waals surface area contributed by atoms with Gasteiger partial charge in [-0.3, -0.25) is 0 Å². The molecular formula is C105H78BrN5. The topological polar surface area (TPSA) is 39.0 Å². The van der Waals surface area contributed by atoms with Gasteiger partial charge in [-0.25, -0.2) is 0 Å². The van der Waals surface area contributed by atoms with Crippen LogP contribution in [0.4, 0.5) is 73.9 Å². The van der Waals surface area contributed by atoms with Crippen molar-refractivity contribution in [1.29, 1.82) is 0 Å². The summed E-state index contributed by atoms with van der Waals surface area (Å²) in [5.41, 5.74) is 33.2. The van der Waals surface area contributed by atoms with Crippen molar-refractivity contribution in [2.24, 2.45) is 0 Å². The molecule has 111 heavy (non-hydrogen) atoms. The summed E-state index contributed by atoms with van der Waals surface area (Å²) in [5, 5.41) is 0. The molecule has 3 aliphatic rings. The molecule has 530 valence electrons. The van der Waals surface area contributed by atoms with Crippen LogP contribution in [0.25, 0.3) is 0 Å². The lowest BCUT2D eigenvalue weighted by Crippen LogP contribution is -2.37. The van der Waals surface area contributed by atoms with E-state index in [2.05, 4.69) is 466 Å². The fourth-order valence-corrected chi connectivity index (χ4v) is 17.9. The van der Waals surface area contributed by atoms with Crippen LogP contribution < -0.4 is 25.3 Å². The number of fused-ring (bicyclic) bond motifs is 6. The maximum Gasteiger partial charge on any atom is 0.0742 e. The first-order valence-corrected chi connectivity index (χ1v) is 38.7. The summed E-state index contributed by atoms with van der Waals surface area (Å²) >= 11 is 3.64. The number of hydrogen-bond donors (Lipinski definition) is 1. The Kier molecular flexibility index (Phi) is 18.7. The lowest BCUT2D eigenvalue weighted by molar-refractivity contribution is 0.731. The minimum absolute atomic E-state index is 0.430. The Balaban J connectivity index is 0.000000177. The van der Waals surface area contributed by atoms with E-state index in [1.807, 2.05) is 30.3 Å². The fraction of sp³-hybridized carbons (Fsp3) is 0.0286. The maximum absolute atomic E-state index is 5.36. The van der Waals surface area contributed by atoms with Crippen molar-refractivity contribution < 1.29 is 0 Å². The first kappa shape index (κ1) is 69.0. The minimum Gasteiger partial charge on any atom is -0.399 e. The lowest BCUT2D eigenvalue weighted by atomic mass is 9.62. The van der Waals surface area contributed by atoms with Crippen LogP contribution in [0, 0.1) is 0 Å². The number of nitrogens with two attached hydrogens (primary N) is 1. The lowest BCUT2D eigenvalue weighted by Gasteiger charge is -2.46. The predicted molar refractivity (Wildman–Crippen MR) is 466 cm³/mol. The number of benzene rings is 17. The molecule has 3 heterocycles. The van der Waals surface area contributed by atoms with E-state index in [1.165, 1.54) is 101 Å². The first-order chi connectivity index (χ1) is 54.9. The van der Waals surface area contributed by atoms with Crippen LogP contribution in [0.1, 0.15) is 66.8 Å². The van der Waals surface area contributed by atoms with E-state index in [9.17, 15) is 0 Å². The summed E-state index contributed by atoms with van der Waals surface area (Å²) < 4.78 is 1.08. The molecule has 20 rings (SSSR count). The average Bonchev–Trinajstić information content (AvgIpc) is 0.709. The highest BCUT2D eigenvalue weighted by molar-refractivity contribution is 9.10. The van der Waals surface area contributed by atoms with Crippen molar-refractivity contribution in [1.82, 2.24) is 0 Å². The molecular weight excluding hydrogens is 1410 g/mol. The van der Waals surface area contributed by atoms with E-state index >= 15 is 0 Å². The Morgan fingerprint density at radius 3 is 0.622 bits per heavy atom. The third-order valence-electron chi connectivity index (χ3n) is 22.2. The van der Waals surface area contributed by atoms with Crippen LogP contribution in [0.3, 0.4) is 0 Å². The van der Waals surface area contributed by atoms with Gasteiger partial charge in [-0.2, -0.15) is 0 Å². The van der Waals surface area contributed by atoms with E-state index in [4.69, 9.17) is 5.73 Å². The molecule has 17 aromatic rings. The van der Waals surface area contributed by atoms with Crippen LogP contribution in [0.5, 0.6) is 0 Å². The van der Waals surface area contributed by atoms with Crippen molar-refractivity contribution in [2.45, 2.75) is 16.2 Å². The molecule has 0 aromatic heterocycles. The molecule has 2 N–H and O–H groups in total. The third kappa shape index (κ3) is 12.1.